The number of methoxy groups -OCH3 is 2. The second-order valence-corrected chi connectivity index (χ2v) is 3.15. The van der Waals surface area contributed by atoms with Crippen molar-refractivity contribution in [1.82, 2.24) is 0 Å². The number of hydrogen-bond acceptors (Lipinski definition) is 7. The van der Waals surface area contributed by atoms with Crippen molar-refractivity contribution in [2.45, 2.75) is 6.42 Å². The smallest absolute Gasteiger partial charge is 0.344 e. The molecule has 0 aliphatic heterocycles. The number of ether oxygens (including phenoxy) is 4. The first kappa shape index (κ1) is 16.1. The summed E-state index contributed by atoms with van der Waals surface area (Å²) < 4.78 is 18.2. The van der Waals surface area contributed by atoms with Crippen LogP contribution in [0.4, 0.5) is 0 Å². The van der Waals surface area contributed by atoms with Crippen molar-refractivity contribution in [3.05, 3.63) is 12.2 Å². The first-order valence-corrected chi connectivity index (χ1v) is 5.07. The Bertz CT molecular complexity index is 321. The molecule has 0 saturated heterocycles. The molecule has 0 unspecified atom stereocenters. The maximum absolute atomic E-state index is 11.2. The molecule has 0 N–H and O–H groups in total. The van der Waals surface area contributed by atoms with Gasteiger partial charge in [-0.2, -0.15) is 0 Å². The van der Waals surface area contributed by atoms with E-state index < -0.39 is 24.5 Å². The predicted molar refractivity (Wildman–Crippen MR) is 59.6 cm³/mol. The molecule has 0 spiro atoms. The van der Waals surface area contributed by atoms with E-state index in [-0.39, 0.29) is 25.2 Å². The monoisotopic (exact) mass is 260 g/mol. The van der Waals surface area contributed by atoms with E-state index in [1.54, 1.807) is 0 Å². The highest BCUT2D eigenvalue weighted by atomic mass is 16.6. The Labute approximate surface area is 105 Å². The minimum absolute atomic E-state index is 0.0461. The molecule has 0 aliphatic rings. The Morgan fingerprint density at radius 1 is 1.00 bits per heavy atom. The molecule has 0 rings (SSSR count). The first-order valence-electron chi connectivity index (χ1n) is 5.07. The number of esters is 3. The van der Waals surface area contributed by atoms with E-state index in [1.165, 1.54) is 14.2 Å². The number of carbonyl (C=O) groups is 3. The van der Waals surface area contributed by atoms with Crippen LogP contribution >= 0.6 is 0 Å². The van der Waals surface area contributed by atoms with Gasteiger partial charge >= 0.3 is 17.9 Å². The van der Waals surface area contributed by atoms with Gasteiger partial charge < -0.3 is 18.9 Å². The van der Waals surface area contributed by atoms with Crippen LogP contribution in [-0.4, -0.2) is 51.9 Å². The van der Waals surface area contributed by atoms with Crippen molar-refractivity contribution < 1.29 is 33.3 Å². The highest BCUT2D eigenvalue weighted by Crippen LogP contribution is 2.02. The zero-order valence-corrected chi connectivity index (χ0v) is 10.4. The molecular formula is C11H16O7. The van der Waals surface area contributed by atoms with E-state index in [1.807, 2.05) is 0 Å². The van der Waals surface area contributed by atoms with Crippen LogP contribution in [0.2, 0.25) is 0 Å². The lowest BCUT2D eigenvalue weighted by molar-refractivity contribution is -0.159. The summed E-state index contributed by atoms with van der Waals surface area (Å²) in [5.41, 5.74) is -0.0461. The van der Waals surface area contributed by atoms with Crippen LogP contribution < -0.4 is 0 Å². The minimum atomic E-state index is -0.755. The molecule has 7 nitrogen and oxygen atoms in total. The Hall–Kier alpha value is -1.89. The second-order valence-electron chi connectivity index (χ2n) is 3.15. The van der Waals surface area contributed by atoms with Gasteiger partial charge in [-0.15, -0.1) is 0 Å². The normalized spacial score (nSPS) is 9.44. The first-order chi connectivity index (χ1) is 8.51. The molecule has 0 aliphatic carbocycles. The van der Waals surface area contributed by atoms with Crippen molar-refractivity contribution in [2.75, 3.05) is 34.0 Å². The summed E-state index contributed by atoms with van der Waals surface area (Å²) >= 11 is 0. The molecule has 0 atom stereocenters. The SMILES string of the molecule is C=C(CC(=O)OCC(=O)OCCOC)C(=O)OC. The summed E-state index contributed by atoms with van der Waals surface area (Å²) in [4.78, 5) is 33.1. The average molecular weight is 260 g/mol. The van der Waals surface area contributed by atoms with Crippen LogP contribution in [0.15, 0.2) is 12.2 Å². The van der Waals surface area contributed by atoms with E-state index in [2.05, 4.69) is 25.5 Å². The molecule has 0 aromatic rings. The molecule has 0 aromatic heterocycles. The van der Waals surface area contributed by atoms with E-state index >= 15 is 0 Å². The molecule has 7 heteroatoms. The summed E-state index contributed by atoms with van der Waals surface area (Å²) in [5, 5.41) is 0. The quantitative estimate of drug-likeness (QED) is 0.259. The second kappa shape index (κ2) is 9.17. The van der Waals surface area contributed by atoms with Gasteiger partial charge in [0.25, 0.3) is 0 Å². The van der Waals surface area contributed by atoms with Crippen molar-refractivity contribution in [3.8, 4) is 0 Å². The van der Waals surface area contributed by atoms with Gasteiger partial charge in [0, 0.05) is 12.7 Å². The van der Waals surface area contributed by atoms with Gasteiger partial charge in [-0.25, -0.2) is 9.59 Å². The van der Waals surface area contributed by atoms with Crippen molar-refractivity contribution >= 4 is 17.9 Å². The van der Waals surface area contributed by atoms with E-state index in [0.717, 1.165) is 0 Å². The summed E-state index contributed by atoms with van der Waals surface area (Å²) in [6.45, 7) is 3.18. The molecule has 0 saturated carbocycles. The van der Waals surface area contributed by atoms with Crippen LogP contribution in [0.3, 0.4) is 0 Å². The largest absolute Gasteiger partial charge is 0.466 e. The zero-order chi connectivity index (χ0) is 14.0. The van der Waals surface area contributed by atoms with Gasteiger partial charge in [0.1, 0.15) is 6.61 Å². The van der Waals surface area contributed by atoms with Gasteiger partial charge in [-0.3, -0.25) is 4.79 Å². The molecule has 102 valence electrons. The van der Waals surface area contributed by atoms with Crippen LogP contribution in [0.1, 0.15) is 6.42 Å². The lowest BCUT2D eigenvalue weighted by Crippen LogP contribution is -2.19. The summed E-state index contributed by atoms with van der Waals surface area (Å²) in [6, 6.07) is 0. The highest BCUT2D eigenvalue weighted by Gasteiger charge is 2.14. The molecule has 0 amide bonds. The summed E-state index contributed by atoms with van der Waals surface area (Å²) in [6.07, 6.45) is -0.335. The fraction of sp³-hybridized carbons (Fsp3) is 0.545. The molecule has 18 heavy (non-hydrogen) atoms. The molecule has 0 fully saturated rings. The third kappa shape index (κ3) is 7.39. The van der Waals surface area contributed by atoms with Gasteiger partial charge in [0.05, 0.1) is 20.1 Å². The Balaban J connectivity index is 3.79. The number of carbonyl (C=O) groups excluding carboxylic acids is 3. The van der Waals surface area contributed by atoms with Gasteiger partial charge in [0.15, 0.2) is 6.61 Å². The van der Waals surface area contributed by atoms with Crippen LogP contribution in [0.5, 0.6) is 0 Å². The molecular weight excluding hydrogens is 244 g/mol. The fourth-order valence-electron chi connectivity index (χ4n) is 0.862. The van der Waals surface area contributed by atoms with Gasteiger partial charge in [0.2, 0.25) is 0 Å². The Morgan fingerprint density at radius 2 is 1.67 bits per heavy atom. The molecule has 0 aromatic carbocycles. The Morgan fingerprint density at radius 3 is 2.22 bits per heavy atom. The van der Waals surface area contributed by atoms with Crippen molar-refractivity contribution in [2.24, 2.45) is 0 Å². The highest BCUT2D eigenvalue weighted by molar-refractivity contribution is 5.93. The molecule has 0 bridgehead atoms. The standard InChI is InChI=1S/C11H16O7/c1-8(11(14)16-3)6-9(12)18-7-10(13)17-5-4-15-2/h1,4-7H2,2-3H3. The maximum Gasteiger partial charge on any atom is 0.344 e. The fourth-order valence-corrected chi connectivity index (χ4v) is 0.862. The zero-order valence-electron chi connectivity index (χ0n) is 10.4. The van der Waals surface area contributed by atoms with E-state index in [4.69, 9.17) is 0 Å². The van der Waals surface area contributed by atoms with Crippen LogP contribution in [0.25, 0.3) is 0 Å². The van der Waals surface area contributed by atoms with Crippen LogP contribution in [0, 0.1) is 0 Å². The minimum Gasteiger partial charge on any atom is -0.466 e. The Kier molecular flexibility index (Phi) is 8.21. The molecule has 0 heterocycles. The third-order valence-corrected chi connectivity index (χ3v) is 1.73. The number of rotatable bonds is 8. The number of hydrogen-bond donors (Lipinski definition) is 0. The average Bonchev–Trinajstić information content (AvgIpc) is 2.35. The predicted octanol–water partition coefficient (Wildman–Crippen LogP) is -0.161. The van der Waals surface area contributed by atoms with Gasteiger partial charge in [-0.05, 0) is 0 Å². The van der Waals surface area contributed by atoms with Crippen LogP contribution in [-0.2, 0) is 33.3 Å². The lowest BCUT2D eigenvalue weighted by atomic mass is 10.2. The van der Waals surface area contributed by atoms with Gasteiger partial charge in [-0.1, -0.05) is 6.58 Å². The third-order valence-electron chi connectivity index (χ3n) is 1.73. The topological polar surface area (TPSA) is 88.1 Å². The van der Waals surface area contributed by atoms with Crippen molar-refractivity contribution in [1.29, 1.82) is 0 Å². The van der Waals surface area contributed by atoms with Crippen molar-refractivity contribution in [3.63, 3.8) is 0 Å². The van der Waals surface area contributed by atoms with E-state index in [0.29, 0.717) is 0 Å². The summed E-state index contributed by atoms with van der Waals surface area (Å²) in [7, 11) is 2.64. The summed E-state index contributed by atoms with van der Waals surface area (Å²) in [5.74, 6) is -2.15. The molecule has 0 radical (unpaired) electrons. The maximum atomic E-state index is 11.2. The lowest BCUT2D eigenvalue weighted by Gasteiger charge is -2.06. The van der Waals surface area contributed by atoms with E-state index in [9.17, 15) is 14.4 Å².